The second kappa shape index (κ2) is 6.08. The van der Waals surface area contributed by atoms with Crippen molar-refractivity contribution in [3.63, 3.8) is 0 Å². The molecule has 1 aromatic rings. The zero-order valence-corrected chi connectivity index (χ0v) is 13.0. The molecular weight excluding hydrogens is 300 g/mol. The van der Waals surface area contributed by atoms with Crippen LogP contribution in [0.2, 0.25) is 0 Å². The lowest BCUT2D eigenvalue weighted by Gasteiger charge is -2.35. The van der Waals surface area contributed by atoms with Crippen LogP contribution in [0.25, 0.3) is 0 Å². The lowest BCUT2D eigenvalue weighted by Crippen LogP contribution is -2.58. The Balaban J connectivity index is 1.91. The molecule has 0 spiro atoms. The van der Waals surface area contributed by atoms with Gasteiger partial charge in [0.1, 0.15) is 18.8 Å². The number of methoxy groups -OCH3 is 1. The normalized spacial score (nSPS) is 22.9. The summed E-state index contributed by atoms with van der Waals surface area (Å²) in [7, 11) is 1.50. The molecular formula is C16H20N2O5. The monoisotopic (exact) mass is 320 g/mol. The number of carbonyl (C=O) groups excluding carboxylic acids is 2. The van der Waals surface area contributed by atoms with Gasteiger partial charge in [-0.05, 0) is 31.0 Å². The van der Waals surface area contributed by atoms with Crippen LogP contribution in [0.3, 0.4) is 0 Å². The lowest BCUT2D eigenvalue weighted by molar-refractivity contribution is -0.130. The molecule has 0 saturated carbocycles. The van der Waals surface area contributed by atoms with Gasteiger partial charge in [-0.1, -0.05) is 0 Å². The Morgan fingerprint density at radius 2 is 2.04 bits per heavy atom. The van der Waals surface area contributed by atoms with E-state index in [-0.39, 0.29) is 12.5 Å². The Morgan fingerprint density at radius 1 is 1.30 bits per heavy atom. The number of hydrogen-bond donors (Lipinski definition) is 1. The third-order valence-electron chi connectivity index (χ3n) is 4.36. The Bertz CT molecular complexity index is 633. The Labute approximate surface area is 134 Å². The topological polar surface area (TPSA) is 91.1 Å². The van der Waals surface area contributed by atoms with Crippen LogP contribution < -0.4 is 15.2 Å². The summed E-state index contributed by atoms with van der Waals surface area (Å²) in [6, 6.07) is 5.03. The fourth-order valence-electron chi connectivity index (χ4n) is 3.22. The van der Waals surface area contributed by atoms with E-state index in [4.69, 9.17) is 19.9 Å². The van der Waals surface area contributed by atoms with Gasteiger partial charge >= 0.3 is 0 Å². The maximum Gasteiger partial charge on any atom is 0.254 e. The molecule has 7 heteroatoms. The highest BCUT2D eigenvalue weighted by molar-refractivity contribution is 6.00. The fourth-order valence-corrected chi connectivity index (χ4v) is 3.22. The van der Waals surface area contributed by atoms with Crippen molar-refractivity contribution in [2.75, 3.05) is 33.5 Å². The van der Waals surface area contributed by atoms with Crippen molar-refractivity contribution in [2.45, 2.75) is 18.4 Å². The van der Waals surface area contributed by atoms with E-state index in [0.29, 0.717) is 49.7 Å². The molecule has 1 fully saturated rings. The SMILES string of the molecule is COCC1(C(N)=O)CCCN1C(=O)c1ccc2c(c1)OCCO2. The van der Waals surface area contributed by atoms with Crippen molar-refractivity contribution in [1.29, 1.82) is 0 Å². The molecule has 1 saturated heterocycles. The van der Waals surface area contributed by atoms with E-state index < -0.39 is 11.4 Å². The maximum atomic E-state index is 12.9. The molecule has 124 valence electrons. The van der Waals surface area contributed by atoms with Gasteiger partial charge in [0.15, 0.2) is 11.5 Å². The van der Waals surface area contributed by atoms with Crippen LogP contribution in [-0.4, -0.2) is 55.7 Å². The first-order valence-corrected chi connectivity index (χ1v) is 7.59. The molecule has 0 radical (unpaired) electrons. The molecule has 1 unspecified atom stereocenters. The summed E-state index contributed by atoms with van der Waals surface area (Å²) in [6.07, 6.45) is 1.22. The minimum absolute atomic E-state index is 0.0959. The number of ether oxygens (including phenoxy) is 3. The van der Waals surface area contributed by atoms with Gasteiger partial charge in [-0.2, -0.15) is 0 Å². The van der Waals surface area contributed by atoms with Gasteiger partial charge in [-0.25, -0.2) is 0 Å². The smallest absolute Gasteiger partial charge is 0.254 e. The Kier molecular flexibility index (Phi) is 4.12. The number of rotatable bonds is 4. The van der Waals surface area contributed by atoms with Crippen molar-refractivity contribution < 1.29 is 23.8 Å². The molecule has 2 amide bonds. The van der Waals surface area contributed by atoms with E-state index in [1.54, 1.807) is 18.2 Å². The number of primary amides is 1. The minimum atomic E-state index is -1.08. The van der Waals surface area contributed by atoms with Gasteiger partial charge in [0.25, 0.3) is 5.91 Å². The van der Waals surface area contributed by atoms with Crippen LogP contribution in [0.4, 0.5) is 0 Å². The van der Waals surface area contributed by atoms with Crippen LogP contribution in [0.1, 0.15) is 23.2 Å². The highest BCUT2D eigenvalue weighted by atomic mass is 16.6. The molecule has 2 aliphatic heterocycles. The largest absolute Gasteiger partial charge is 0.486 e. The predicted molar refractivity (Wildman–Crippen MR) is 81.5 cm³/mol. The van der Waals surface area contributed by atoms with Gasteiger partial charge in [0, 0.05) is 19.2 Å². The number of likely N-dealkylation sites (tertiary alicyclic amines) is 1. The third kappa shape index (κ3) is 2.61. The predicted octanol–water partition coefficient (Wildman–Crippen LogP) is 0.564. The first-order chi connectivity index (χ1) is 11.1. The van der Waals surface area contributed by atoms with Crippen molar-refractivity contribution >= 4 is 11.8 Å². The number of nitrogens with zero attached hydrogens (tertiary/aromatic N) is 1. The van der Waals surface area contributed by atoms with E-state index in [1.807, 2.05) is 0 Å². The molecule has 0 bridgehead atoms. The molecule has 0 aromatic heterocycles. The van der Waals surface area contributed by atoms with Gasteiger partial charge in [0.2, 0.25) is 5.91 Å². The third-order valence-corrected chi connectivity index (χ3v) is 4.36. The molecule has 1 aromatic carbocycles. The van der Waals surface area contributed by atoms with Crippen molar-refractivity contribution in [2.24, 2.45) is 5.73 Å². The Morgan fingerprint density at radius 3 is 2.74 bits per heavy atom. The zero-order valence-electron chi connectivity index (χ0n) is 13.0. The van der Waals surface area contributed by atoms with E-state index in [9.17, 15) is 9.59 Å². The molecule has 3 rings (SSSR count). The number of carbonyl (C=O) groups is 2. The zero-order chi connectivity index (χ0) is 16.4. The second-order valence-electron chi connectivity index (χ2n) is 5.75. The van der Waals surface area contributed by atoms with Gasteiger partial charge in [-0.3, -0.25) is 9.59 Å². The lowest BCUT2D eigenvalue weighted by atomic mass is 9.95. The van der Waals surface area contributed by atoms with E-state index in [0.717, 1.165) is 0 Å². The van der Waals surface area contributed by atoms with Gasteiger partial charge < -0.3 is 24.8 Å². The van der Waals surface area contributed by atoms with Crippen molar-refractivity contribution in [1.82, 2.24) is 4.90 Å². The highest BCUT2D eigenvalue weighted by Gasteiger charge is 2.48. The summed E-state index contributed by atoms with van der Waals surface area (Å²) in [5.41, 5.74) is 4.94. The number of amides is 2. The molecule has 23 heavy (non-hydrogen) atoms. The van der Waals surface area contributed by atoms with Crippen LogP contribution in [0.15, 0.2) is 18.2 Å². The summed E-state index contributed by atoms with van der Waals surface area (Å²) < 4.78 is 16.1. The first kappa shape index (κ1) is 15.6. The van der Waals surface area contributed by atoms with E-state index >= 15 is 0 Å². The molecule has 2 heterocycles. The number of hydrogen-bond acceptors (Lipinski definition) is 5. The van der Waals surface area contributed by atoms with Crippen LogP contribution in [-0.2, 0) is 9.53 Å². The van der Waals surface area contributed by atoms with Gasteiger partial charge in [-0.15, -0.1) is 0 Å². The Hall–Kier alpha value is -2.28. The standard InChI is InChI=1S/C16H20N2O5/c1-21-10-16(15(17)20)5-2-6-18(16)14(19)11-3-4-12-13(9-11)23-8-7-22-12/h3-4,9H,2,5-8,10H2,1H3,(H2,17,20). The summed E-state index contributed by atoms with van der Waals surface area (Å²) in [6.45, 7) is 1.51. The summed E-state index contributed by atoms with van der Waals surface area (Å²) in [4.78, 5) is 26.4. The van der Waals surface area contributed by atoms with Crippen molar-refractivity contribution in [3.8, 4) is 11.5 Å². The average molecular weight is 320 g/mol. The number of fused-ring (bicyclic) bond motifs is 1. The van der Waals surface area contributed by atoms with Crippen LogP contribution in [0, 0.1) is 0 Å². The highest BCUT2D eigenvalue weighted by Crippen LogP contribution is 2.34. The average Bonchev–Trinajstić information content (AvgIpc) is 2.99. The van der Waals surface area contributed by atoms with Crippen LogP contribution >= 0.6 is 0 Å². The molecule has 0 aliphatic carbocycles. The van der Waals surface area contributed by atoms with Crippen molar-refractivity contribution in [3.05, 3.63) is 23.8 Å². The molecule has 1 atom stereocenters. The van der Waals surface area contributed by atoms with E-state index in [2.05, 4.69) is 0 Å². The molecule has 2 N–H and O–H groups in total. The maximum absolute atomic E-state index is 12.9. The van der Waals surface area contributed by atoms with E-state index in [1.165, 1.54) is 12.0 Å². The fraction of sp³-hybridized carbons (Fsp3) is 0.500. The summed E-state index contributed by atoms with van der Waals surface area (Å²) in [5.74, 6) is 0.364. The number of nitrogens with two attached hydrogens (primary N) is 1. The second-order valence-corrected chi connectivity index (χ2v) is 5.75. The molecule has 2 aliphatic rings. The summed E-state index contributed by atoms with van der Waals surface area (Å²) >= 11 is 0. The quantitative estimate of drug-likeness (QED) is 0.875. The van der Waals surface area contributed by atoms with Crippen LogP contribution in [0.5, 0.6) is 11.5 Å². The molecule has 7 nitrogen and oxygen atoms in total. The summed E-state index contributed by atoms with van der Waals surface area (Å²) in [5, 5.41) is 0. The first-order valence-electron chi connectivity index (χ1n) is 7.59. The number of benzene rings is 1. The van der Waals surface area contributed by atoms with Gasteiger partial charge in [0.05, 0.1) is 6.61 Å². The minimum Gasteiger partial charge on any atom is -0.486 e.